The van der Waals surface area contributed by atoms with Gasteiger partial charge in [0.2, 0.25) is 0 Å². The molecule has 0 unspecified atom stereocenters. The summed E-state index contributed by atoms with van der Waals surface area (Å²) in [6.45, 7) is 0.326. The van der Waals surface area contributed by atoms with E-state index in [1.54, 1.807) is 0 Å². The van der Waals surface area contributed by atoms with Gasteiger partial charge in [0.15, 0.2) is 6.40 Å². The van der Waals surface area contributed by atoms with Crippen LogP contribution in [0.1, 0.15) is 6.42 Å². The normalized spacial score (nSPS) is 7.43. The first kappa shape index (κ1) is 6.14. The van der Waals surface area contributed by atoms with E-state index < -0.39 is 0 Å². The van der Waals surface area contributed by atoms with Crippen molar-refractivity contribution in [3.63, 3.8) is 0 Å². The largest absolute Gasteiger partial charge is 0.483 e. The highest BCUT2D eigenvalue weighted by atomic mass is 16.5. The minimum atomic E-state index is 0.326. The molecule has 0 saturated heterocycles. The molecule has 0 atom stereocenters. The van der Waals surface area contributed by atoms with E-state index in [2.05, 4.69) is 4.74 Å². The van der Waals surface area contributed by atoms with Crippen LogP contribution in [0.5, 0.6) is 0 Å². The minimum Gasteiger partial charge on any atom is -0.483 e. The molecule has 0 aliphatic heterocycles. The molecule has 0 fully saturated rings. The van der Waals surface area contributed by atoms with Gasteiger partial charge < -0.3 is 9.53 Å². The first-order valence-corrected chi connectivity index (χ1v) is 1.96. The maximum atomic E-state index is 9.52. The third kappa shape index (κ3) is 5.14. The summed E-state index contributed by atoms with van der Waals surface area (Å²) in [5.41, 5.74) is 0. The molecule has 0 aromatic carbocycles. The fraction of sp³-hybridized carbons (Fsp3) is 0.500. The Hall–Kier alpha value is -0.860. The smallest absolute Gasteiger partial charge is 0.166 e. The van der Waals surface area contributed by atoms with Gasteiger partial charge in [-0.3, -0.25) is 5.41 Å². The third-order valence-electron chi connectivity index (χ3n) is 0.437. The molecule has 0 radical (unpaired) electrons. The molecule has 40 valence electrons. The number of rotatable bonds is 4. The predicted octanol–water partition coefficient (Wildman–Crippen LogP) is 0.199. The lowest BCUT2D eigenvalue weighted by atomic mass is 10.5. The summed E-state index contributed by atoms with van der Waals surface area (Å²) in [6.07, 6.45) is 1.95. The topological polar surface area (TPSA) is 50.1 Å². The van der Waals surface area contributed by atoms with Crippen molar-refractivity contribution >= 4 is 12.7 Å². The Balaban J connectivity index is 2.68. The summed E-state index contributed by atoms with van der Waals surface area (Å²) >= 11 is 0. The second-order valence-corrected chi connectivity index (χ2v) is 0.944. The van der Waals surface area contributed by atoms with Crippen molar-refractivity contribution < 1.29 is 9.53 Å². The van der Waals surface area contributed by atoms with Gasteiger partial charge in [-0.2, -0.15) is 0 Å². The van der Waals surface area contributed by atoms with Gasteiger partial charge in [0.1, 0.15) is 6.29 Å². The number of carbonyl (C=O) groups is 1. The van der Waals surface area contributed by atoms with Crippen molar-refractivity contribution in [2.24, 2.45) is 0 Å². The molecule has 0 aliphatic rings. The number of aldehydes is 1. The Bertz CT molecular complexity index is 54.7. The van der Waals surface area contributed by atoms with E-state index >= 15 is 0 Å². The lowest BCUT2D eigenvalue weighted by Crippen LogP contribution is -1.89. The summed E-state index contributed by atoms with van der Waals surface area (Å²) in [6, 6.07) is 0. The molecule has 1 N–H and O–H groups in total. The van der Waals surface area contributed by atoms with Crippen LogP contribution < -0.4 is 0 Å². The number of ether oxygens (including phenoxy) is 1. The molecule has 0 saturated carbocycles. The van der Waals surface area contributed by atoms with Crippen molar-refractivity contribution in [1.29, 1.82) is 5.41 Å². The third-order valence-corrected chi connectivity index (χ3v) is 0.437. The van der Waals surface area contributed by atoms with E-state index in [0.29, 0.717) is 13.0 Å². The van der Waals surface area contributed by atoms with E-state index in [0.717, 1.165) is 12.7 Å². The first-order valence-electron chi connectivity index (χ1n) is 1.96. The zero-order valence-electron chi connectivity index (χ0n) is 3.89. The maximum Gasteiger partial charge on any atom is 0.166 e. The average Bonchev–Trinajstić information content (AvgIpc) is 1.69. The first-order chi connectivity index (χ1) is 3.41. The highest BCUT2D eigenvalue weighted by Gasteiger charge is 1.76. The fourth-order valence-corrected chi connectivity index (χ4v) is 0.175. The highest BCUT2D eigenvalue weighted by Crippen LogP contribution is 1.70. The van der Waals surface area contributed by atoms with Crippen LogP contribution in [0.15, 0.2) is 0 Å². The van der Waals surface area contributed by atoms with Crippen LogP contribution in [-0.4, -0.2) is 19.3 Å². The van der Waals surface area contributed by atoms with Crippen LogP contribution in [-0.2, 0) is 9.53 Å². The molecule has 3 heteroatoms. The average molecular weight is 101 g/mol. The molecule has 0 heterocycles. The second kappa shape index (κ2) is 5.14. The van der Waals surface area contributed by atoms with E-state index in [4.69, 9.17) is 5.41 Å². The van der Waals surface area contributed by atoms with Crippen LogP contribution >= 0.6 is 0 Å². The Morgan fingerprint density at radius 1 is 1.71 bits per heavy atom. The molecule has 0 amide bonds. The molecular weight excluding hydrogens is 94.0 g/mol. The van der Waals surface area contributed by atoms with E-state index in [9.17, 15) is 4.79 Å². The molecular formula is C4H7NO2. The summed E-state index contributed by atoms with van der Waals surface area (Å²) < 4.78 is 4.38. The second-order valence-electron chi connectivity index (χ2n) is 0.944. The molecule has 3 nitrogen and oxygen atoms in total. The Kier molecular flexibility index (Phi) is 4.51. The monoisotopic (exact) mass is 101 g/mol. The van der Waals surface area contributed by atoms with E-state index in [1.165, 1.54) is 0 Å². The number of nitrogens with one attached hydrogen (secondary N) is 1. The number of hydrogen-bond donors (Lipinski definition) is 1. The molecule has 0 bridgehead atoms. The molecule has 0 spiro atoms. The maximum absolute atomic E-state index is 9.52. The fourth-order valence-electron chi connectivity index (χ4n) is 0.175. The molecule has 0 rings (SSSR count). The number of hydrogen-bond acceptors (Lipinski definition) is 3. The summed E-state index contributed by atoms with van der Waals surface area (Å²) in [5.74, 6) is 0. The van der Waals surface area contributed by atoms with E-state index in [-0.39, 0.29) is 0 Å². The van der Waals surface area contributed by atoms with Gasteiger partial charge in [-0.1, -0.05) is 0 Å². The molecule has 0 aromatic rings. The quantitative estimate of drug-likeness (QED) is 0.238. The van der Waals surface area contributed by atoms with Crippen LogP contribution in [0.25, 0.3) is 0 Å². The Morgan fingerprint density at radius 3 is 2.86 bits per heavy atom. The number of carbonyl (C=O) groups excluding carboxylic acids is 1. The molecule has 0 aliphatic carbocycles. The molecule has 0 aromatic heterocycles. The lowest BCUT2D eigenvalue weighted by molar-refractivity contribution is -0.108. The lowest BCUT2D eigenvalue weighted by Gasteiger charge is -1.88. The van der Waals surface area contributed by atoms with Gasteiger partial charge >= 0.3 is 0 Å². The van der Waals surface area contributed by atoms with Crippen LogP contribution in [0, 0.1) is 5.41 Å². The summed E-state index contributed by atoms with van der Waals surface area (Å²) in [5, 5.41) is 6.32. The predicted molar refractivity (Wildman–Crippen MR) is 25.4 cm³/mol. The van der Waals surface area contributed by atoms with Crippen LogP contribution in [0.2, 0.25) is 0 Å². The zero-order valence-corrected chi connectivity index (χ0v) is 3.89. The SMILES string of the molecule is N=COCCC=O. The standard InChI is InChI=1S/C4H7NO2/c5-4-7-3-1-2-6/h2,4-5H,1,3H2. The van der Waals surface area contributed by atoms with Gasteiger partial charge in [0.25, 0.3) is 0 Å². The highest BCUT2D eigenvalue weighted by molar-refractivity contribution is 5.50. The van der Waals surface area contributed by atoms with Crippen LogP contribution in [0.3, 0.4) is 0 Å². The van der Waals surface area contributed by atoms with Crippen molar-refractivity contribution in [2.75, 3.05) is 6.61 Å². The van der Waals surface area contributed by atoms with Crippen molar-refractivity contribution in [1.82, 2.24) is 0 Å². The minimum absolute atomic E-state index is 0.326. The Morgan fingerprint density at radius 2 is 2.43 bits per heavy atom. The van der Waals surface area contributed by atoms with Gasteiger partial charge in [0, 0.05) is 6.42 Å². The van der Waals surface area contributed by atoms with E-state index in [1.807, 2.05) is 0 Å². The Labute approximate surface area is 41.8 Å². The van der Waals surface area contributed by atoms with Gasteiger partial charge in [0.05, 0.1) is 6.61 Å². The van der Waals surface area contributed by atoms with Crippen LogP contribution in [0.4, 0.5) is 0 Å². The van der Waals surface area contributed by atoms with Crippen molar-refractivity contribution in [3.05, 3.63) is 0 Å². The zero-order chi connectivity index (χ0) is 5.54. The van der Waals surface area contributed by atoms with Gasteiger partial charge in [-0.25, -0.2) is 0 Å². The van der Waals surface area contributed by atoms with Gasteiger partial charge in [-0.15, -0.1) is 0 Å². The summed E-state index contributed by atoms with van der Waals surface area (Å²) in [4.78, 5) is 9.52. The van der Waals surface area contributed by atoms with Crippen molar-refractivity contribution in [3.8, 4) is 0 Å². The summed E-state index contributed by atoms with van der Waals surface area (Å²) in [7, 11) is 0. The van der Waals surface area contributed by atoms with Gasteiger partial charge in [-0.05, 0) is 0 Å². The molecule has 7 heavy (non-hydrogen) atoms. The van der Waals surface area contributed by atoms with Crippen molar-refractivity contribution in [2.45, 2.75) is 6.42 Å².